The Kier molecular flexibility index (Phi) is 4.94. The van der Waals surface area contributed by atoms with Gasteiger partial charge in [0.25, 0.3) is 0 Å². The first-order valence-corrected chi connectivity index (χ1v) is 5.15. The number of para-hydroxylation sites is 1. The van der Waals surface area contributed by atoms with E-state index < -0.39 is 17.9 Å². The zero-order chi connectivity index (χ0) is 12.7. The summed E-state index contributed by atoms with van der Waals surface area (Å²) in [7, 11) is 0. The van der Waals surface area contributed by atoms with Crippen molar-refractivity contribution in [1.82, 2.24) is 5.43 Å². The smallest absolute Gasteiger partial charge is 0.323 e. The number of carboxylic acid groups (broad SMARTS) is 1. The van der Waals surface area contributed by atoms with Crippen molar-refractivity contribution in [3.05, 3.63) is 36.4 Å². The van der Waals surface area contributed by atoms with E-state index in [0.717, 1.165) is 5.69 Å². The molecular weight excluding hydrogens is 220 g/mol. The van der Waals surface area contributed by atoms with Crippen molar-refractivity contribution >= 4 is 17.6 Å². The fraction of sp³-hybridized carbons (Fsp3) is 0.250. The normalized spacial score (nSPS) is 13.2. The van der Waals surface area contributed by atoms with E-state index in [9.17, 15) is 9.59 Å². The Morgan fingerprint density at radius 2 is 2.06 bits per heavy atom. The maximum Gasteiger partial charge on any atom is 0.323 e. The van der Waals surface area contributed by atoms with Gasteiger partial charge in [-0.15, -0.1) is 0 Å². The molecular formula is C12H14N2O3. The van der Waals surface area contributed by atoms with Gasteiger partial charge in [0, 0.05) is 17.7 Å². The topological polar surface area (TPSA) is 78.4 Å². The SMILES string of the molecule is CC(C=C=O)C(NNc1ccccc1)C(=O)O. The number of hydrogen-bond acceptors (Lipinski definition) is 4. The molecule has 0 aliphatic heterocycles. The second kappa shape index (κ2) is 6.48. The van der Waals surface area contributed by atoms with Crippen molar-refractivity contribution in [2.45, 2.75) is 13.0 Å². The van der Waals surface area contributed by atoms with Gasteiger partial charge in [0.15, 0.2) is 0 Å². The highest BCUT2D eigenvalue weighted by Gasteiger charge is 2.22. The number of carboxylic acids is 1. The molecule has 0 aliphatic carbocycles. The molecule has 0 saturated carbocycles. The first-order chi connectivity index (χ1) is 8.15. The van der Waals surface area contributed by atoms with Crippen LogP contribution in [0.1, 0.15) is 6.92 Å². The first-order valence-electron chi connectivity index (χ1n) is 5.15. The first kappa shape index (κ1) is 13.0. The molecule has 3 N–H and O–H groups in total. The number of anilines is 1. The molecule has 0 aliphatic rings. The number of nitrogens with one attached hydrogen (secondary N) is 2. The van der Waals surface area contributed by atoms with Crippen molar-refractivity contribution in [2.75, 3.05) is 5.43 Å². The number of hydrazine groups is 1. The molecule has 5 heteroatoms. The van der Waals surface area contributed by atoms with Crippen molar-refractivity contribution in [3.63, 3.8) is 0 Å². The molecule has 1 aromatic carbocycles. The van der Waals surface area contributed by atoms with Gasteiger partial charge in [0.05, 0.1) is 0 Å². The second-order valence-electron chi connectivity index (χ2n) is 3.59. The minimum Gasteiger partial charge on any atom is -0.480 e. The Morgan fingerprint density at radius 1 is 1.41 bits per heavy atom. The Balaban J connectivity index is 2.62. The van der Waals surface area contributed by atoms with E-state index in [1.165, 1.54) is 6.08 Å². The van der Waals surface area contributed by atoms with Crippen LogP contribution < -0.4 is 10.9 Å². The lowest BCUT2D eigenvalue weighted by atomic mass is 10.0. The summed E-state index contributed by atoms with van der Waals surface area (Å²) >= 11 is 0. The quantitative estimate of drug-likeness (QED) is 0.507. The van der Waals surface area contributed by atoms with Gasteiger partial charge in [-0.3, -0.25) is 4.79 Å². The van der Waals surface area contributed by atoms with E-state index in [2.05, 4.69) is 10.9 Å². The van der Waals surface area contributed by atoms with E-state index in [1.54, 1.807) is 25.0 Å². The second-order valence-corrected chi connectivity index (χ2v) is 3.59. The molecule has 0 heterocycles. The van der Waals surface area contributed by atoms with Crippen LogP contribution in [-0.4, -0.2) is 23.1 Å². The largest absolute Gasteiger partial charge is 0.480 e. The van der Waals surface area contributed by atoms with Crippen molar-refractivity contribution in [1.29, 1.82) is 0 Å². The van der Waals surface area contributed by atoms with Gasteiger partial charge < -0.3 is 10.5 Å². The predicted molar refractivity (Wildman–Crippen MR) is 64.1 cm³/mol. The Morgan fingerprint density at radius 3 is 2.59 bits per heavy atom. The van der Waals surface area contributed by atoms with Crippen LogP contribution in [-0.2, 0) is 9.59 Å². The van der Waals surface area contributed by atoms with Crippen molar-refractivity contribution in [2.24, 2.45) is 5.92 Å². The fourth-order valence-electron chi connectivity index (χ4n) is 1.30. The highest BCUT2D eigenvalue weighted by Crippen LogP contribution is 2.07. The van der Waals surface area contributed by atoms with E-state index in [-0.39, 0.29) is 0 Å². The summed E-state index contributed by atoms with van der Waals surface area (Å²) in [5, 5.41) is 9.00. The van der Waals surface area contributed by atoms with Gasteiger partial charge in [-0.25, -0.2) is 10.2 Å². The third kappa shape index (κ3) is 4.10. The van der Waals surface area contributed by atoms with E-state index in [4.69, 9.17) is 5.11 Å². The summed E-state index contributed by atoms with van der Waals surface area (Å²) in [4.78, 5) is 21.2. The van der Waals surface area contributed by atoms with Crippen LogP contribution in [0.25, 0.3) is 0 Å². The van der Waals surface area contributed by atoms with Gasteiger partial charge in [-0.2, -0.15) is 0 Å². The summed E-state index contributed by atoms with van der Waals surface area (Å²) in [6, 6.07) is 8.22. The van der Waals surface area contributed by atoms with Gasteiger partial charge in [-0.1, -0.05) is 25.1 Å². The van der Waals surface area contributed by atoms with Crippen LogP contribution in [0.3, 0.4) is 0 Å². The molecule has 0 amide bonds. The number of carbonyl (C=O) groups excluding carboxylic acids is 1. The molecule has 17 heavy (non-hydrogen) atoms. The van der Waals surface area contributed by atoms with E-state index in [0.29, 0.717) is 0 Å². The van der Waals surface area contributed by atoms with Crippen LogP contribution >= 0.6 is 0 Å². The van der Waals surface area contributed by atoms with E-state index >= 15 is 0 Å². The highest BCUT2D eigenvalue weighted by atomic mass is 16.4. The summed E-state index contributed by atoms with van der Waals surface area (Å²) in [6.07, 6.45) is 1.18. The lowest BCUT2D eigenvalue weighted by molar-refractivity contribution is -0.140. The molecule has 1 rings (SSSR count). The summed E-state index contributed by atoms with van der Waals surface area (Å²) in [5.74, 6) is 0.103. The maximum atomic E-state index is 11.0. The molecule has 1 aromatic rings. The highest BCUT2D eigenvalue weighted by molar-refractivity contribution is 5.75. The average Bonchev–Trinajstić information content (AvgIpc) is 2.30. The average molecular weight is 234 g/mol. The number of hydrogen-bond donors (Lipinski definition) is 3. The Labute approximate surface area is 99.1 Å². The minimum absolute atomic E-state index is 0.457. The predicted octanol–water partition coefficient (Wildman–Crippen LogP) is 1.08. The molecule has 2 unspecified atom stereocenters. The number of aliphatic carboxylic acids is 1. The molecule has 0 bridgehead atoms. The molecule has 2 atom stereocenters. The third-order valence-electron chi connectivity index (χ3n) is 2.27. The summed E-state index contributed by atoms with van der Waals surface area (Å²) in [6.45, 7) is 1.63. The zero-order valence-corrected chi connectivity index (χ0v) is 9.38. The monoisotopic (exact) mass is 234 g/mol. The molecule has 0 fully saturated rings. The van der Waals surface area contributed by atoms with Crippen LogP contribution in [0.5, 0.6) is 0 Å². The van der Waals surface area contributed by atoms with E-state index in [1.807, 2.05) is 18.2 Å². The summed E-state index contributed by atoms with van der Waals surface area (Å²) in [5.41, 5.74) is 6.20. The van der Waals surface area contributed by atoms with Crippen LogP contribution in [0, 0.1) is 5.92 Å². The van der Waals surface area contributed by atoms with Crippen LogP contribution in [0.4, 0.5) is 5.69 Å². The molecule has 5 nitrogen and oxygen atoms in total. The molecule has 0 radical (unpaired) electrons. The standard InChI is InChI=1S/C12H14N2O3/c1-9(7-8-15)11(12(16)17)14-13-10-5-3-2-4-6-10/h2-7,9,11,13-14H,1H3,(H,16,17). The van der Waals surface area contributed by atoms with Gasteiger partial charge >= 0.3 is 5.97 Å². The van der Waals surface area contributed by atoms with Gasteiger partial charge in [0.2, 0.25) is 0 Å². The number of rotatable bonds is 6. The van der Waals surface area contributed by atoms with Crippen molar-refractivity contribution < 1.29 is 14.7 Å². The number of carbonyl (C=O) groups is 1. The van der Waals surface area contributed by atoms with Crippen LogP contribution in [0.15, 0.2) is 36.4 Å². The van der Waals surface area contributed by atoms with Crippen LogP contribution in [0.2, 0.25) is 0 Å². The van der Waals surface area contributed by atoms with Gasteiger partial charge in [-0.05, 0) is 12.1 Å². The maximum absolute atomic E-state index is 11.0. The lowest BCUT2D eigenvalue weighted by Gasteiger charge is -2.19. The molecule has 0 aromatic heterocycles. The van der Waals surface area contributed by atoms with Gasteiger partial charge in [0.1, 0.15) is 12.0 Å². The third-order valence-corrected chi connectivity index (χ3v) is 2.27. The van der Waals surface area contributed by atoms with Crippen molar-refractivity contribution in [3.8, 4) is 0 Å². The fourth-order valence-corrected chi connectivity index (χ4v) is 1.30. The summed E-state index contributed by atoms with van der Waals surface area (Å²) < 4.78 is 0. The molecule has 90 valence electrons. The zero-order valence-electron chi connectivity index (χ0n) is 9.38. The molecule has 0 spiro atoms. The minimum atomic E-state index is -1.03. The Hall–Kier alpha value is -2.10. The molecule has 0 saturated heterocycles. The number of benzene rings is 1. The lowest BCUT2D eigenvalue weighted by Crippen LogP contribution is -2.44. The Bertz CT molecular complexity index is 413.